The lowest BCUT2D eigenvalue weighted by Crippen LogP contribution is -2.46. The van der Waals surface area contributed by atoms with Gasteiger partial charge in [-0.3, -0.25) is 21.3 Å². The van der Waals surface area contributed by atoms with E-state index in [9.17, 15) is 26.4 Å². The van der Waals surface area contributed by atoms with Gasteiger partial charge in [0.2, 0.25) is 21.6 Å². The summed E-state index contributed by atoms with van der Waals surface area (Å²) in [5.74, 6) is -2.12. The summed E-state index contributed by atoms with van der Waals surface area (Å²) in [7, 11) is -3.95. The smallest absolute Gasteiger partial charge is 0.430 e. The molecule has 3 aromatic rings. The Morgan fingerprint density at radius 2 is 1.77 bits per heavy atom. The Morgan fingerprint density at radius 1 is 1.14 bits per heavy atom. The molecule has 44 heavy (non-hydrogen) atoms. The Morgan fingerprint density at radius 3 is 2.34 bits per heavy atom. The van der Waals surface area contributed by atoms with Crippen LogP contribution in [-0.2, 0) is 24.4 Å². The van der Waals surface area contributed by atoms with Crippen LogP contribution in [0.2, 0.25) is 0 Å². The minimum absolute atomic E-state index is 0.0345. The zero-order valence-electron chi connectivity index (χ0n) is 22.9. The third-order valence-corrected chi connectivity index (χ3v) is 7.93. The third-order valence-electron chi connectivity index (χ3n) is 5.88. The highest BCUT2D eigenvalue weighted by Crippen LogP contribution is 2.32. The quantitative estimate of drug-likeness (QED) is 0.176. The first-order valence-corrected chi connectivity index (χ1v) is 15.1. The molecule has 7 N–H and O–H groups in total. The van der Waals surface area contributed by atoms with Crippen LogP contribution in [0.4, 0.5) is 19.1 Å². The van der Waals surface area contributed by atoms with Crippen LogP contribution in [0.25, 0.3) is 11.1 Å². The van der Waals surface area contributed by atoms with E-state index >= 15 is 0 Å². The van der Waals surface area contributed by atoms with Gasteiger partial charge in [0, 0.05) is 41.3 Å². The Balaban J connectivity index is 0.000000676. The highest BCUT2D eigenvalue weighted by molar-refractivity contribution is 7.99. The van der Waals surface area contributed by atoms with Crippen molar-refractivity contribution < 1.29 is 46.5 Å². The maximum atomic E-state index is 13.4. The average molecular weight is 654 g/mol. The van der Waals surface area contributed by atoms with Crippen LogP contribution < -0.4 is 26.7 Å². The van der Waals surface area contributed by atoms with Crippen LogP contribution in [0, 0.1) is 0 Å². The summed E-state index contributed by atoms with van der Waals surface area (Å²) in [6.45, 7) is 1.98. The molecule has 0 aliphatic carbocycles. The number of carbonyl (C=O) groups is 2. The van der Waals surface area contributed by atoms with E-state index < -0.39 is 33.7 Å². The highest BCUT2D eigenvalue weighted by atomic mass is 32.2. The predicted molar refractivity (Wildman–Crippen MR) is 153 cm³/mol. The maximum absolute atomic E-state index is 13.4. The number of amides is 1. The number of benzene rings is 2. The van der Waals surface area contributed by atoms with Gasteiger partial charge in [0.25, 0.3) is 11.7 Å². The Bertz CT molecular complexity index is 1690. The number of thioether (sulfide) groups is 1. The molecule has 0 spiro atoms. The van der Waals surface area contributed by atoms with Gasteiger partial charge in [-0.2, -0.15) is 24.9 Å². The van der Waals surface area contributed by atoms with Crippen molar-refractivity contribution in [2.24, 2.45) is 16.0 Å². The SMILES string of the molecule is CCSCC1(C(=O)Nc2ncc(-c3ccccc3S(N)(=O)=O)cn2)CC(c2cccc(C(N)=[NH2+])c2)=NO1.O=C([O-])C(F)(F)F. The van der Waals surface area contributed by atoms with Crippen molar-refractivity contribution in [1.29, 1.82) is 0 Å². The van der Waals surface area contributed by atoms with E-state index in [1.54, 1.807) is 36.4 Å². The lowest BCUT2D eigenvalue weighted by Gasteiger charge is -2.24. The fraction of sp³-hybridized carbons (Fsp3) is 0.231. The third kappa shape index (κ3) is 8.51. The van der Waals surface area contributed by atoms with Crippen LogP contribution in [-0.4, -0.2) is 65.1 Å². The zero-order valence-corrected chi connectivity index (χ0v) is 24.5. The molecule has 2 aromatic carbocycles. The second-order valence-electron chi connectivity index (χ2n) is 9.05. The molecule has 0 saturated carbocycles. The van der Waals surface area contributed by atoms with Gasteiger partial charge in [0.1, 0.15) is 5.97 Å². The van der Waals surface area contributed by atoms with Gasteiger partial charge in [-0.05, 0) is 24.0 Å². The average Bonchev–Trinajstić information content (AvgIpc) is 3.42. The lowest BCUT2D eigenvalue weighted by molar-refractivity contribution is -0.344. The molecule has 18 heteroatoms. The van der Waals surface area contributed by atoms with E-state index in [0.29, 0.717) is 28.2 Å². The van der Waals surface area contributed by atoms with Crippen molar-refractivity contribution in [1.82, 2.24) is 9.97 Å². The first-order valence-electron chi connectivity index (χ1n) is 12.4. The van der Waals surface area contributed by atoms with Crippen LogP contribution in [0.1, 0.15) is 24.5 Å². The van der Waals surface area contributed by atoms with Crippen molar-refractivity contribution in [3.63, 3.8) is 0 Å². The number of nitrogens with zero attached hydrogens (tertiary/aromatic N) is 3. The zero-order chi connectivity index (χ0) is 32.7. The van der Waals surface area contributed by atoms with Crippen molar-refractivity contribution in [2.75, 3.05) is 16.8 Å². The van der Waals surface area contributed by atoms with E-state index in [4.69, 9.17) is 31.0 Å². The van der Waals surface area contributed by atoms with E-state index in [0.717, 1.165) is 11.3 Å². The number of hydrogen-bond acceptors (Lipinski definition) is 10. The number of primary sulfonamides is 1. The van der Waals surface area contributed by atoms with Gasteiger partial charge >= 0.3 is 6.18 Å². The first-order chi connectivity index (χ1) is 20.6. The monoisotopic (exact) mass is 653 g/mol. The fourth-order valence-electron chi connectivity index (χ4n) is 3.74. The Hall–Kier alpha value is -4.55. The van der Waals surface area contributed by atoms with Crippen LogP contribution in [0.15, 0.2) is 71.0 Å². The number of aromatic nitrogens is 2. The molecule has 1 aromatic heterocycles. The minimum Gasteiger partial charge on any atom is -0.542 e. The van der Waals surface area contributed by atoms with Crippen LogP contribution >= 0.6 is 11.8 Å². The van der Waals surface area contributed by atoms with E-state index in [2.05, 4.69) is 20.4 Å². The molecular formula is C26H26F3N7O6S2. The fourth-order valence-corrected chi connectivity index (χ4v) is 5.32. The largest absolute Gasteiger partial charge is 0.542 e. The van der Waals surface area contributed by atoms with Crippen LogP contribution in [0.3, 0.4) is 0 Å². The highest BCUT2D eigenvalue weighted by Gasteiger charge is 2.47. The number of nitrogens with two attached hydrogens (primary N) is 3. The van der Waals surface area contributed by atoms with Gasteiger partial charge in [-0.15, -0.1) is 0 Å². The number of aliphatic carboxylic acids is 1. The molecule has 4 rings (SSSR count). The normalized spacial score (nSPS) is 16.2. The molecule has 1 atom stereocenters. The van der Waals surface area contributed by atoms with Crippen molar-refractivity contribution in [3.8, 4) is 11.1 Å². The van der Waals surface area contributed by atoms with E-state index in [1.165, 1.54) is 30.2 Å². The molecule has 1 unspecified atom stereocenters. The number of oxime groups is 1. The van der Waals surface area contributed by atoms with Gasteiger partial charge in [0.05, 0.1) is 16.2 Å². The lowest BCUT2D eigenvalue weighted by atomic mass is 9.94. The number of halogens is 3. The summed E-state index contributed by atoms with van der Waals surface area (Å²) >= 11 is 1.54. The summed E-state index contributed by atoms with van der Waals surface area (Å²) in [6.07, 6.45) is -2.15. The number of amidine groups is 1. The number of hydrogen-bond donors (Lipinski definition) is 4. The molecule has 0 radical (unpaired) electrons. The number of carbonyl (C=O) groups excluding carboxylic acids is 2. The Kier molecular flexibility index (Phi) is 10.7. The molecule has 1 aliphatic rings. The van der Waals surface area contributed by atoms with Crippen molar-refractivity contribution in [3.05, 3.63) is 72.1 Å². The summed E-state index contributed by atoms with van der Waals surface area (Å²) in [5, 5.41) is 26.7. The minimum atomic E-state index is -5.19. The van der Waals surface area contributed by atoms with Crippen molar-refractivity contribution >= 4 is 51.2 Å². The topological polar surface area (TPSA) is 228 Å². The number of nitrogens with one attached hydrogen (secondary N) is 1. The maximum Gasteiger partial charge on any atom is 0.430 e. The molecule has 0 bridgehead atoms. The summed E-state index contributed by atoms with van der Waals surface area (Å²) in [5.41, 5.74) is 7.22. The number of carboxylic acid groups (broad SMARTS) is 1. The summed E-state index contributed by atoms with van der Waals surface area (Å²) < 4.78 is 55.4. The molecule has 0 fully saturated rings. The van der Waals surface area contributed by atoms with Crippen LogP contribution in [0.5, 0.6) is 0 Å². The number of carboxylic acids is 1. The molecule has 13 nitrogen and oxygen atoms in total. The summed E-state index contributed by atoms with van der Waals surface area (Å²) in [4.78, 5) is 36.3. The molecular weight excluding hydrogens is 627 g/mol. The molecule has 0 saturated heterocycles. The van der Waals surface area contributed by atoms with Crippen molar-refractivity contribution in [2.45, 2.75) is 30.0 Å². The van der Waals surface area contributed by atoms with Gasteiger partial charge in [0.15, 0.2) is 0 Å². The van der Waals surface area contributed by atoms with Gasteiger partial charge < -0.3 is 14.7 Å². The standard InChI is InChI=1S/C24H25N7O4S2.C2HF3O2/c1-2-36-14-24(11-19(31-35-24)15-6-5-7-16(10-15)21(25)26)22(32)30-23-28-12-17(13-29-23)18-8-3-4-9-20(18)37(27,33)34;3-2(4,5)1(6)7/h3-10,12-13H,2,11,14H2,1H3,(H3,25,26)(H2,27,33,34)(H,28,29,30,32);(H,6,7). The molecule has 2 heterocycles. The predicted octanol–water partition coefficient (Wildman–Crippen LogP) is -0.191. The second-order valence-corrected chi connectivity index (χ2v) is 11.9. The number of rotatable bonds is 9. The number of alkyl halides is 3. The van der Waals surface area contributed by atoms with Gasteiger partial charge in [-0.1, -0.05) is 42.4 Å². The molecule has 1 amide bonds. The molecule has 1 aliphatic heterocycles. The molecule has 234 valence electrons. The first kappa shape index (κ1) is 33.9. The van der Waals surface area contributed by atoms with E-state index in [1.807, 2.05) is 13.0 Å². The summed E-state index contributed by atoms with van der Waals surface area (Å²) in [6, 6.07) is 13.5. The second kappa shape index (κ2) is 13.8. The van der Waals surface area contributed by atoms with E-state index in [-0.39, 0.29) is 23.1 Å². The van der Waals surface area contributed by atoms with Gasteiger partial charge in [-0.25, -0.2) is 23.5 Å². The number of anilines is 1. The Labute approximate surface area is 253 Å². The number of sulfonamides is 1.